The van der Waals surface area contributed by atoms with E-state index in [-0.39, 0.29) is 77.9 Å². The number of nitrogens with zero attached hydrogens (tertiary/aromatic N) is 6. The van der Waals surface area contributed by atoms with E-state index in [1.165, 1.54) is 116 Å². The maximum Gasteiger partial charge on any atom is 0.144 e. The number of hydrogen-bond acceptors (Lipinski definition) is 6. The zero-order valence-electron chi connectivity index (χ0n) is 63.3. The first-order valence-electron chi connectivity index (χ1n) is 35.5. The molecule has 0 bridgehead atoms. The first-order valence-corrected chi connectivity index (χ1v) is 36.4. The minimum atomic E-state index is 0. The van der Waals surface area contributed by atoms with E-state index in [4.69, 9.17) is 14.4 Å². The van der Waals surface area contributed by atoms with Gasteiger partial charge in [-0.05, 0) is 171 Å². The van der Waals surface area contributed by atoms with Crippen LogP contribution in [0, 0.1) is 100 Å². The number of imidazole rings is 2. The zero-order valence-corrected chi connectivity index (χ0v) is 70.7. The van der Waals surface area contributed by atoms with E-state index in [9.17, 15) is 0 Å². The molecule has 7 nitrogen and oxygen atoms in total. The standard InChI is InChI=1S/C25H23N2.C24H21N2.C24H20NO.C24H20NS.4Rh/c1-17-15-22(20-11-7-5-8-12-20)16-18(2)23(17)24-19(3)26-25(27(24)4)21-13-9-6-10-14-21;1-17-14-21(19-10-6-4-7-11-19)15-18(2)23(17)22-16-25-24(26(22)3)20-12-8-5-9-13-20;2*1-16-14-21(19-10-6-4-7-11-19)15-17(2)22(16)23-18(3)25-24(26-23)20-12-8-5-9-13-20;;;;/h5-13,15-16H,1-4H3;4-12,14-16H,1-3H3;2*4-12,14-15H,1-3H3;;;;/q4*-1;;;;. The number of aromatic nitrogens is 6. The minimum absolute atomic E-state index is 0. The van der Waals surface area contributed by atoms with Crippen LogP contribution in [0.3, 0.4) is 0 Å². The molecular formula is C97H84N6ORh4S-4. The third kappa shape index (κ3) is 19.0. The summed E-state index contributed by atoms with van der Waals surface area (Å²) >= 11 is 1.75. The van der Waals surface area contributed by atoms with Crippen molar-refractivity contribution in [1.82, 2.24) is 29.1 Å². The van der Waals surface area contributed by atoms with Gasteiger partial charge in [0.05, 0.1) is 34.4 Å². The Hall–Kier alpha value is -9.61. The van der Waals surface area contributed by atoms with Gasteiger partial charge in [-0.25, -0.2) is 0 Å². The number of rotatable bonds is 12. The molecule has 4 heterocycles. The number of hydrogen-bond donors (Lipinski definition) is 0. The Balaban J connectivity index is 0.000000165. The Kier molecular flexibility index (Phi) is 29.2. The molecule has 0 saturated heterocycles. The molecule has 0 unspecified atom stereocenters. The SMILES string of the molecule is Cc1cc(-c2ccccc2)cc(C)c1-c1c(C)nc(-c2[c-]cccc2)n1C.Cc1cc(-c2ccccc2)cc(C)c1-c1cnc(-c2[c-]cccc2)n1C.Cc1cc(-c2ccccc2)cc(C)c1-c1oc(-c2[c-]cccc2)nc1C.Cc1cc(-c2ccccc2)cc(C)c1-c1sc(-c2[c-]cccc2)nc1C.[Rh].[Rh].[Rh].[Rh]. The molecule has 0 aliphatic carbocycles. The molecule has 0 spiro atoms. The van der Waals surface area contributed by atoms with E-state index in [1.54, 1.807) is 11.3 Å². The summed E-state index contributed by atoms with van der Waals surface area (Å²) in [7, 11) is 4.16. The van der Waals surface area contributed by atoms with Crippen molar-refractivity contribution in [3.63, 3.8) is 0 Å². The second-order valence-electron chi connectivity index (χ2n) is 26.8. The first kappa shape index (κ1) is 83.4. The van der Waals surface area contributed by atoms with Gasteiger partial charge in [-0.15, -0.1) is 138 Å². The molecule has 16 aromatic rings. The van der Waals surface area contributed by atoms with Gasteiger partial charge in [-0.3, -0.25) is 19.9 Å². The fourth-order valence-corrected chi connectivity index (χ4v) is 15.5. The molecule has 0 amide bonds. The summed E-state index contributed by atoms with van der Waals surface area (Å²) in [6.45, 7) is 23.6. The van der Waals surface area contributed by atoms with Gasteiger partial charge >= 0.3 is 0 Å². The molecule has 4 radical (unpaired) electrons. The van der Waals surface area contributed by atoms with Crippen molar-refractivity contribution >= 4 is 11.3 Å². The van der Waals surface area contributed by atoms with Crippen LogP contribution in [0.2, 0.25) is 0 Å². The van der Waals surface area contributed by atoms with Crippen molar-refractivity contribution in [3.8, 4) is 134 Å². The summed E-state index contributed by atoms with van der Waals surface area (Å²) in [5.41, 5.74) is 34.2. The molecule has 0 atom stereocenters. The van der Waals surface area contributed by atoms with Crippen LogP contribution in [0.15, 0.2) is 278 Å². The topological polar surface area (TPSA) is 74.6 Å². The molecule has 0 aliphatic rings. The minimum Gasteiger partial charge on any atom is -0.481 e. The quantitative estimate of drug-likeness (QED) is 0.0900. The molecule has 12 aromatic carbocycles. The predicted octanol–water partition coefficient (Wildman–Crippen LogP) is 25.2. The summed E-state index contributed by atoms with van der Waals surface area (Å²) in [5.74, 6) is 3.34. The van der Waals surface area contributed by atoms with E-state index in [0.29, 0.717) is 5.89 Å². The Morgan fingerprint density at radius 3 is 1.06 bits per heavy atom. The second kappa shape index (κ2) is 38.2. The van der Waals surface area contributed by atoms with Crippen LogP contribution in [-0.4, -0.2) is 29.1 Å². The summed E-state index contributed by atoms with van der Waals surface area (Å²) in [4.78, 5) is 20.2. The van der Waals surface area contributed by atoms with Crippen LogP contribution in [0.1, 0.15) is 61.6 Å². The van der Waals surface area contributed by atoms with Crippen LogP contribution in [0.25, 0.3) is 134 Å². The molecular weight excluding hydrogens is 1710 g/mol. The van der Waals surface area contributed by atoms with E-state index in [0.717, 1.165) is 73.0 Å². The number of benzene rings is 12. The van der Waals surface area contributed by atoms with Crippen molar-refractivity contribution in [3.05, 3.63) is 359 Å². The van der Waals surface area contributed by atoms with Crippen molar-refractivity contribution in [2.75, 3.05) is 0 Å². The van der Waals surface area contributed by atoms with Gasteiger partial charge < -0.3 is 13.6 Å². The van der Waals surface area contributed by atoms with E-state index < -0.39 is 0 Å². The normalized spacial score (nSPS) is 10.5. The van der Waals surface area contributed by atoms with Crippen molar-refractivity contribution < 1.29 is 82.3 Å². The molecule has 12 heteroatoms. The Bertz CT molecular complexity index is 5270. The summed E-state index contributed by atoms with van der Waals surface area (Å²) in [6.07, 6.45) is 1.97. The van der Waals surface area contributed by atoms with Gasteiger partial charge in [-0.1, -0.05) is 175 Å². The second-order valence-corrected chi connectivity index (χ2v) is 27.8. The Morgan fingerprint density at radius 1 is 0.312 bits per heavy atom. The van der Waals surface area contributed by atoms with Crippen LogP contribution in [0.5, 0.6) is 0 Å². The summed E-state index contributed by atoms with van der Waals surface area (Å²) in [6, 6.07) is 105. The average Bonchev–Trinajstić information content (AvgIpc) is 1.69. The van der Waals surface area contributed by atoms with Gasteiger partial charge in [-0.2, -0.15) is 11.3 Å². The first-order chi connectivity index (χ1) is 51.0. The van der Waals surface area contributed by atoms with Crippen LogP contribution in [-0.2, 0) is 92.0 Å². The van der Waals surface area contributed by atoms with E-state index in [2.05, 4.69) is 303 Å². The zero-order chi connectivity index (χ0) is 73.3. The molecule has 16 rings (SSSR count). The van der Waals surface area contributed by atoms with Crippen LogP contribution >= 0.6 is 11.3 Å². The van der Waals surface area contributed by atoms with Crippen LogP contribution < -0.4 is 0 Å². The molecule has 554 valence electrons. The largest absolute Gasteiger partial charge is 0.481 e. The van der Waals surface area contributed by atoms with Crippen molar-refractivity contribution in [2.45, 2.75) is 76.2 Å². The summed E-state index contributed by atoms with van der Waals surface area (Å²) in [5, 5.41) is 1.03. The van der Waals surface area contributed by atoms with E-state index in [1.807, 2.05) is 104 Å². The third-order valence-corrected chi connectivity index (χ3v) is 20.3. The van der Waals surface area contributed by atoms with Gasteiger partial charge in [0.2, 0.25) is 0 Å². The monoisotopic (exact) mass is 1790 g/mol. The predicted molar refractivity (Wildman–Crippen MR) is 438 cm³/mol. The Morgan fingerprint density at radius 2 is 0.661 bits per heavy atom. The Labute approximate surface area is 699 Å². The number of oxazole rings is 1. The van der Waals surface area contributed by atoms with Gasteiger partial charge in [0.1, 0.15) is 11.7 Å². The van der Waals surface area contributed by atoms with Gasteiger partial charge in [0.25, 0.3) is 0 Å². The van der Waals surface area contributed by atoms with E-state index >= 15 is 0 Å². The molecule has 109 heavy (non-hydrogen) atoms. The smallest absolute Gasteiger partial charge is 0.144 e. The fourth-order valence-electron chi connectivity index (χ4n) is 14.3. The molecule has 0 aliphatic heterocycles. The number of aryl methyl sites for hydroxylation is 11. The maximum absolute atomic E-state index is 6.15. The van der Waals surface area contributed by atoms with Gasteiger partial charge in [0, 0.05) is 130 Å². The third-order valence-electron chi connectivity index (χ3n) is 19.1. The average molecular weight is 1790 g/mol. The molecule has 0 saturated carbocycles. The molecule has 4 aromatic heterocycles. The number of thiazole rings is 1. The maximum atomic E-state index is 6.15. The molecule has 0 fully saturated rings. The van der Waals surface area contributed by atoms with Crippen molar-refractivity contribution in [1.29, 1.82) is 0 Å². The fraction of sp³-hybridized carbons (Fsp3) is 0.134. The van der Waals surface area contributed by atoms with Crippen LogP contribution in [0.4, 0.5) is 0 Å². The van der Waals surface area contributed by atoms with Crippen molar-refractivity contribution in [2.24, 2.45) is 14.1 Å². The van der Waals surface area contributed by atoms with Gasteiger partial charge in [0.15, 0.2) is 0 Å². The molecule has 0 N–H and O–H groups in total. The summed E-state index contributed by atoms with van der Waals surface area (Å²) < 4.78 is 10.5.